The summed E-state index contributed by atoms with van der Waals surface area (Å²) >= 11 is 0. The van der Waals surface area contributed by atoms with Crippen LogP contribution in [0.25, 0.3) is 0 Å². The predicted octanol–water partition coefficient (Wildman–Crippen LogP) is -4.22. The van der Waals surface area contributed by atoms with Gasteiger partial charge in [-0.05, 0) is 59.3 Å². The van der Waals surface area contributed by atoms with Crippen molar-refractivity contribution in [2.75, 3.05) is 39.4 Å². The first-order chi connectivity index (χ1) is 32.8. The van der Waals surface area contributed by atoms with E-state index in [1.165, 1.54) is 20.8 Å². The van der Waals surface area contributed by atoms with Crippen LogP contribution in [0, 0.1) is 0 Å². The van der Waals surface area contributed by atoms with Crippen LogP contribution in [-0.2, 0) is 57.5 Å². The van der Waals surface area contributed by atoms with Gasteiger partial charge in [-0.2, -0.15) is 0 Å². The molecule has 1 heterocycles. The van der Waals surface area contributed by atoms with Crippen molar-refractivity contribution in [2.24, 2.45) is 0 Å². The summed E-state index contributed by atoms with van der Waals surface area (Å²) < 4.78 is 0. The van der Waals surface area contributed by atoms with E-state index in [0.717, 1.165) is 18.2 Å². The fourth-order valence-corrected chi connectivity index (χ4v) is 6.21. The Bertz CT molecular complexity index is 1990. The SMILES string of the molecule is C/C(=C\C(=O)N(O)CCC[C@@H]1NC(=O)CNC(=O)[C@@H](CCCN(O)C(=O)/C=C(\C)CC(=O)O)NC(=O)[C@H](CO)NC(=O)[C@@H](CCCN(O)C(=O)/C=C(\C)CC(=O)O)NC(=O)[C@H](CO)NC1=O)CC(=O)O. The zero-order chi connectivity index (χ0) is 53.2. The number of amides is 9. The molecule has 1 aliphatic heterocycles. The van der Waals surface area contributed by atoms with Crippen LogP contribution in [-0.4, -0.2) is 197 Å². The van der Waals surface area contributed by atoms with Gasteiger partial charge in [0, 0.05) is 37.9 Å². The first-order valence-electron chi connectivity index (χ1n) is 21.5. The Kier molecular flexibility index (Phi) is 26.8. The average molecular weight is 1000 g/mol. The summed E-state index contributed by atoms with van der Waals surface area (Å²) in [5, 5.41) is 91.9. The number of carboxylic acids is 3. The van der Waals surface area contributed by atoms with Crippen LogP contribution in [0.2, 0.25) is 0 Å². The molecule has 0 bridgehead atoms. The van der Waals surface area contributed by atoms with E-state index in [1.54, 1.807) is 0 Å². The highest BCUT2D eigenvalue weighted by molar-refractivity contribution is 5.98. The predicted molar refractivity (Wildman–Crippen MR) is 233 cm³/mol. The average Bonchev–Trinajstić information content (AvgIpc) is 3.26. The Morgan fingerprint density at radius 1 is 0.471 bits per heavy atom. The lowest BCUT2D eigenvalue weighted by Crippen LogP contribution is -2.61. The Balaban J connectivity index is 3.58. The summed E-state index contributed by atoms with van der Waals surface area (Å²) in [4.78, 5) is 151. The van der Waals surface area contributed by atoms with Crippen molar-refractivity contribution in [3.8, 4) is 0 Å². The van der Waals surface area contributed by atoms with Crippen LogP contribution in [0.3, 0.4) is 0 Å². The molecular weight excluding hydrogens is 938 g/mol. The molecule has 0 radical (unpaired) electrons. The van der Waals surface area contributed by atoms with Gasteiger partial charge in [-0.3, -0.25) is 73.2 Å². The minimum Gasteiger partial charge on any atom is -0.481 e. The molecule has 0 aromatic carbocycles. The second kappa shape index (κ2) is 30.9. The number of aliphatic carboxylic acids is 3. The van der Waals surface area contributed by atoms with Crippen molar-refractivity contribution >= 4 is 71.1 Å². The number of aliphatic hydroxyl groups is 2. The molecule has 390 valence electrons. The van der Waals surface area contributed by atoms with Crippen molar-refractivity contribution in [1.82, 2.24) is 47.1 Å². The van der Waals surface area contributed by atoms with Crippen LogP contribution in [0.4, 0.5) is 0 Å². The van der Waals surface area contributed by atoms with Gasteiger partial charge in [-0.15, -0.1) is 0 Å². The number of nitrogens with one attached hydrogen (secondary N) is 6. The number of carboxylic acid groups (broad SMARTS) is 3. The minimum atomic E-state index is -1.87. The molecule has 29 heteroatoms. The van der Waals surface area contributed by atoms with E-state index in [1.807, 2.05) is 0 Å². The van der Waals surface area contributed by atoms with Gasteiger partial charge in [0.25, 0.3) is 17.7 Å². The lowest BCUT2D eigenvalue weighted by atomic mass is 10.1. The van der Waals surface area contributed by atoms with Crippen molar-refractivity contribution < 1.29 is 98.7 Å². The van der Waals surface area contributed by atoms with Crippen LogP contribution in [0.15, 0.2) is 34.9 Å². The molecule has 5 atom stereocenters. The maximum Gasteiger partial charge on any atom is 0.307 e. The number of aliphatic hydroxyl groups excluding tert-OH is 2. The van der Waals surface area contributed by atoms with Crippen LogP contribution < -0.4 is 31.9 Å². The van der Waals surface area contributed by atoms with E-state index < -0.39 is 179 Å². The number of carbonyl (C=O) groups is 12. The fraction of sp³-hybridized carbons (Fsp3) is 0.561. The highest BCUT2D eigenvalue weighted by Crippen LogP contribution is 2.09. The topological polar surface area (TPSA) is 449 Å². The second-order valence-electron chi connectivity index (χ2n) is 15.9. The van der Waals surface area contributed by atoms with E-state index in [9.17, 15) is 83.4 Å². The number of nitrogens with zero attached hydrogens (tertiary/aromatic N) is 3. The minimum absolute atomic E-state index is 0.0739. The lowest BCUT2D eigenvalue weighted by Gasteiger charge is -2.27. The molecule has 0 unspecified atom stereocenters. The summed E-state index contributed by atoms with van der Waals surface area (Å²) in [6.45, 7) is -0.707. The smallest absolute Gasteiger partial charge is 0.307 e. The maximum atomic E-state index is 13.7. The quantitative estimate of drug-likeness (QED) is 0.0262. The van der Waals surface area contributed by atoms with Gasteiger partial charge in [0.15, 0.2) is 0 Å². The number of hydroxylamine groups is 6. The molecule has 0 saturated carbocycles. The molecule has 1 rings (SSSR count). The van der Waals surface area contributed by atoms with Gasteiger partial charge >= 0.3 is 17.9 Å². The van der Waals surface area contributed by atoms with Crippen molar-refractivity contribution in [1.29, 1.82) is 0 Å². The molecule has 0 aliphatic carbocycles. The van der Waals surface area contributed by atoms with Gasteiger partial charge in [-0.1, -0.05) is 16.7 Å². The molecule has 1 fully saturated rings. The summed E-state index contributed by atoms with van der Waals surface area (Å²) in [5.41, 5.74) is 0.246. The van der Waals surface area contributed by atoms with Gasteiger partial charge in [0.1, 0.15) is 30.2 Å². The van der Waals surface area contributed by atoms with Crippen LogP contribution in [0.5, 0.6) is 0 Å². The van der Waals surface area contributed by atoms with Crippen LogP contribution >= 0.6 is 0 Å². The number of hydrogen-bond donors (Lipinski definition) is 14. The molecule has 70 heavy (non-hydrogen) atoms. The van der Waals surface area contributed by atoms with Gasteiger partial charge in [0.2, 0.25) is 35.4 Å². The Hall–Kier alpha value is -7.34. The third-order valence-electron chi connectivity index (χ3n) is 9.72. The molecular formula is C41H61N9O20. The normalized spacial score (nSPS) is 20.2. The Morgan fingerprint density at radius 3 is 1.04 bits per heavy atom. The molecule has 9 amide bonds. The number of hydrogen-bond acceptors (Lipinski definition) is 17. The van der Waals surface area contributed by atoms with E-state index in [-0.39, 0.29) is 51.2 Å². The highest BCUT2D eigenvalue weighted by atomic mass is 16.5. The molecule has 0 aromatic heterocycles. The monoisotopic (exact) mass is 999 g/mol. The summed E-state index contributed by atoms with van der Waals surface area (Å²) in [5.74, 6) is -13.8. The third kappa shape index (κ3) is 23.6. The lowest BCUT2D eigenvalue weighted by molar-refractivity contribution is -0.160. The molecule has 29 nitrogen and oxygen atoms in total. The number of carbonyl (C=O) groups excluding carboxylic acids is 9. The van der Waals surface area contributed by atoms with Gasteiger partial charge < -0.3 is 57.4 Å². The fourth-order valence-electron chi connectivity index (χ4n) is 6.21. The summed E-state index contributed by atoms with van der Waals surface area (Å²) in [6.07, 6.45) is -1.07. The Morgan fingerprint density at radius 2 is 0.743 bits per heavy atom. The van der Waals surface area contributed by atoms with E-state index in [4.69, 9.17) is 15.3 Å². The van der Waals surface area contributed by atoms with Crippen molar-refractivity contribution in [3.05, 3.63) is 34.9 Å². The third-order valence-corrected chi connectivity index (χ3v) is 9.72. The first kappa shape index (κ1) is 60.7. The Labute approximate surface area is 399 Å². The van der Waals surface area contributed by atoms with Gasteiger partial charge in [-0.25, -0.2) is 15.2 Å². The highest BCUT2D eigenvalue weighted by Gasteiger charge is 2.33. The molecule has 1 aliphatic rings. The summed E-state index contributed by atoms with van der Waals surface area (Å²) in [7, 11) is 0. The largest absolute Gasteiger partial charge is 0.481 e. The van der Waals surface area contributed by atoms with Crippen LogP contribution in [0.1, 0.15) is 78.6 Å². The first-order valence-corrected chi connectivity index (χ1v) is 21.5. The second-order valence-corrected chi connectivity index (χ2v) is 15.9. The standard InChI is InChI=1S/C41H61N9O20/c1-22(16-34(57)58)13-31(54)48(68)10-4-7-25-37(63)42-19-30(53)43-26(8-5-11-49(69)32(55)14-23(2)17-35(59)60)38(64)46-29(21-52)41(67)45-27(39(65)47-28(20-51)40(66)44-25)9-6-12-50(70)33(56)15-24(3)18-36(61)62/h13-15,25-29,51-52,68-70H,4-12,16-21H2,1-3H3,(H,42,63)(H,43,53)(H,44,66)(H,45,67)(H,46,64)(H,47,65)(H,57,58)(H,59,60)(H,61,62)/b22-13+,23-14+,24-15+/t25-,26+,27-,28+,29+/m1/s1. The molecule has 0 aromatic rings. The van der Waals surface area contributed by atoms with E-state index in [2.05, 4.69) is 31.9 Å². The summed E-state index contributed by atoms with van der Waals surface area (Å²) in [6, 6.07) is -8.75. The molecule has 14 N–H and O–H groups in total. The van der Waals surface area contributed by atoms with E-state index >= 15 is 0 Å². The zero-order valence-corrected chi connectivity index (χ0v) is 38.5. The number of rotatable bonds is 23. The maximum absolute atomic E-state index is 13.7. The zero-order valence-electron chi connectivity index (χ0n) is 38.5. The van der Waals surface area contributed by atoms with Gasteiger partial charge in [0.05, 0.1) is 39.0 Å². The van der Waals surface area contributed by atoms with Crippen molar-refractivity contribution in [2.45, 2.75) is 109 Å². The molecule has 0 spiro atoms. The van der Waals surface area contributed by atoms with Crippen molar-refractivity contribution in [3.63, 3.8) is 0 Å². The van der Waals surface area contributed by atoms with E-state index in [0.29, 0.717) is 0 Å². The molecule has 1 saturated heterocycles.